The van der Waals surface area contributed by atoms with E-state index in [0.717, 1.165) is 40.9 Å². The van der Waals surface area contributed by atoms with Gasteiger partial charge in [0.25, 0.3) is 0 Å². The molecule has 1 aromatic carbocycles. The molecule has 6 nitrogen and oxygen atoms in total. The molecule has 2 N–H and O–H groups in total. The summed E-state index contributed by atoms with van der Waals surface area (Å²) in [6.07, 6.45) is 0.876. The molecule has 0 aliphatic heterocycles. The Morgan fingerprint density at radius 2 is 2.04 bits per heavy atom. The number of aryl methyl sites for hydroxylation is 2. The number of hydrogen-bond acceptors (Lipinski definition) is 5. The van der Waals surface area contributed by atoms with Gasteiger partial charge >= 0.3 is 0 Å². The van der Waals surface area contributed by atoms with Crippen LogP contribution in [-0.4, -0.2) is 44.4 Å². The van der Waals surface area contributed by atoms with E-state index in [1.54, 1.807) is 18.4 Å². The number of halogens is 1. The SMILES string of the molecule is CCOCCOc1cc(C)ccc1CNC(=NC)NCCc1csc(C)n1.I. The van der Waals surface area contributed by atoms with Crippen LogP contribution in [-0.2, 0) is 17.7 Å². The Balaban J connectivity index is 0.00000392. The van der Waals surface area contributed by atoms with Gasteiger partial charge < -0.3 is 20.1 Å². The van der Waals surface area contributed by atoms with Crippen molar-refractivity contribution in [3.8, 4) is 5.75 Å². The van der Waals surface area contributed by atoms with Crippen molar-refractivity contribution in [1.29, 1.82) is 0 Å². The second kappa shape index (κ2) is 13.7. The fourth-order valence-corrected chi connectivity index (χ4v) is 3.18. The van der Waals surface area contributed by atoms with Crippen LogP contribution in [0.2, 0.25) is 0 Å². The maximum atomic E-state index is 5.89. The average molecular weight is 518 g/mol. The number of nitrogens with one attached hydrogen (secondary N) is 2. The molecule has 0 aliphatic rings. The van der Waals surface area contributed by atoms with E-state index in [1.165, 1.54) is 5.56 Å². The molecule has 8 heteroatoms. The highest BCUT2D eigenvalue weighted by Gasteiger charge is 2.06. The van der Waals surface area contributed by atoms with E-state index in [-0.39, 0.29) is 24.0 Å². The van der Waals surface area contributed by atoms with Crippen molar-refractivity contribution in [3.05, 3.63) is 45.4 Å². The van der Waals surface area contributed by atoms with Gasteiger partial charge in [-0.1, -0.05) is 12.1 Å². The summed E-state index contributed by atoms with van der Waals surface area (Å²) in [5.41, 5.74) is 3.38. The highest BCUT2D eigenvalue weighted by Crippen LogP contribution is 2.20. The van der Waals surface area contributed by atoms with E-state index in [1.807, 2.05) is 13.8 Å². The third kappa shape index (κ3) is 8.74. The summed E-state index contributed by atoms with van der Waals surface area (Å²) in [4.78, 5) is 8.77. The molecule has 0 saturated heterocycles. The predicted molar refractivity (Wildman–Crippen MR) is 127 cm³/mol. The molecular weight excluding hydrogens is 487 g/mol. The van der Waals surface area contributed by atoms with Crippen LogP contribution in [0.5, 0.6) is 5.75 Å². The predicted octanol–water partition coefficient (Wildman–Crippen LogP) is 3.70. The Kier molecular flexibility index (Phi) is 12.1. The molecule has 2 rings (SSSR count). The van der Waals surface area contributed by atoms with Crippen molar-refractivity contribution < 1.29 is 9.47 Å². The number of nitrogens with zero attached hydrogens (tertiary/aromatic N) is 2. The van der Waals surface area contributed by atoms with Crippen molar-refractivity contribution in [2.45, 2.75) is 33.7 Å². The monoisotopic (exact) mass is 518 g/mol. The third-order valence-corrected chi connectivity index (χ3v) is 4.74. The summed E-state index contributed by atoms with van der Waals surface area (Å²) >= 11 is 1.68. The van der Waals surface area contributed by atoms with Crippen LogP contribution in [0, 0.1) is 13.8 Å². The fourth-order valence-electron chi connectivity index (χ4n) is 2.53. The fraction of sp³-hybridized carbons (Fsp3) is 0.500. The number of thiazole rings is 1. The molecule has 156 valence electrons. The Bertz CT molecular complexity index is 737. The van der Waals surface area contributed by atoms with Gasteiger partial charge in [0.15, 0.2) is 5.96 Å². The van der Waals surface area contributed by atoms with E-state index < -0.39 is 0 Å². The van der Waals surface area contributed by atoms with E-state index in [0.29, 0.717) is 26.4 Å². The van der Waals surface area contributed by atoms with E-state index in [4.69, 9.17) is 9.47 Å². The van der Waals surface area contributed by atoms with Crippen LogP contribution in [0.15, 0.2) is 28.6 Å². The quantitative estimate of drug-likeness (QED) is 0.217. The van der Waals surface area contributed by atoms with Crippen molar-refractivity contribution >= 4 is 41.3 Å². The summed E-state index contributed by atoms with van der Waals surface area (Å²) in [5.74, 6) is 1.65. The maximum Gasteiger partial charge on any atom is 0.191 e. The number of hydrogen-bond donors (Lipinski definition) is 2. The first kappa shape index (κ1) is 24.6. The molecule has 1 aromatic heterocycles. The Morgan fingerprint density at radius 1 is 1.21 bits per heavy atom. The highest BCUT2D eigenvalue weighted by atomic mass is 127. The normalized spacial score (nSPS) is 11.1. The van der Waals surface area contributed by atoms with Crippen molar-refractivity contribution in [3.63, 3.8) is 0 Å². The molecule has 0 aliphatic carbocycles. The van der Waals surface area contributed by atoms with Gasteiger partial charge in [-0.3, -0.25) is 4.99 Å². The van der Waals surface area contributed by atoms with Gasteiger partial charge in [0.05, 0.1) is 17.3 Å². The van der Waals surface area contributed by atoms with Gasteiger partial charge in [-0.25, -0.2) is 4.98 Å². The Labute approximate surface area is 189 Å². The molecule has 0 unspecified atom stereocenters. The van der Waals surface area contributed by atoms with E-state index >= 15 is 0 Å². The van der Waals surface area contributed by atoms with Gasteiger partial charge in [0.1, 0.15) is 12.4 Å². The van der Waals surface area contributed by atoms with Crippen LogP contribution in [0.25, 0.3) is 0 Å². The Hall–Kier alpha value is -1.39. The van der Waals surface area contributed by atoms with Crippen molar-refractivity contribution in [2.24, 2.45) is 4.99 Å². The van der Waals surface area contributed by atoms with E-state index in [2.05, 4.69) is 51.1 Å². The van der Waals surface area contributed by atoms with E-state index in [9.17, 15) is 0 Å². The summed E-state index contributed by atoms with van der Waals surface area (Å²) in [5, 5.41) is 9.88. The topological polar surface area (TPSA) is 67.8 Å². The lowest BCUT2D eigenvalue weighted by Gasteiger charge is -2.15. The van der Waals surface area contributed by atoms with Crippen molar-refractivity contribution in [1.82, 2.24) is 15.6 Å². The molecule has 0 saturated carbocycles. The first-order valence-electron chi connectivity index (χ1n) is 9.28. The summed E-state index contributed by atoms with van der Waals surface area (Å²) in [7, 11) is 1.77. The van der Waals surface area contributed by atoms with Gasteiger partial charge in [0, 0.05) is 44.1 Å². The zero-order chi connectivity index (χ0) is 19.5. The molecule has 0 fully saturated rings. The number of rotatable bonds is 10. The molecule has 0 amide bonds. The number of aromatic nitrogens is 1. The lowest BCUT2D eigenvalue weighted by atomic mass is 10.1. The number of benzene rings is 1. The van der Waals surface area contributed by atoms with Crippen LogP contribution >= 0.6 is 35.3 Å². The number of guanidine groups is 1. The largest absolute Gasteiger partial charge is 0.491 e. The third-order valence-electron chi connectivity index (χ3n) is 3.92. The van der Waals surface area contributed by atoms with Gasteiger partial charge in [-0.15, -0.1) is 35.3 Å². The molecule has 0 bridgehead atoms. The van der Waals surface area contributed by atoms with Gasteiger partial charge in [-0.2, -0.15) is 0 Å². The number of aliphatic imine (C=N–C) groups is 1. The molecule has 0 spiro atoms. The average Bonchev–Trinajstić information content (AvgIpc) is 3.08. The lowest BCUT2D eigenvalue weighted by Crippen LogP contribution is -2.38. The van der Waals surface area contributed by atoms with Crippen LogP contribution in [0.4, 0.5) is 0 Å². The first-order valence-corrected chi connectivity index (χ1v) is 10.2. The lowest BCUT2D eigenvalue weighted by molar-refractivity contribution is 0.110. The summed E-state index contributed by atoms with van der Waals surface area (Å²) < 4.78 is 11.2. The first-order chi connectivity index (χ1) is 13.1. The molecular formula is C20H31IN4O2S. The molecule has 0 radical (unpaired) electrons. The minimum Gasteiger partial charge on any atom is -0.491 e. The van der Waals surface area contributed by atoms with Crippen LogP contribution in [0.1, 0.15) is 28.8 Å². The smallest absolute Gasteiger partial charge is 0.191 e. The molecule has 28 heavy (non-hydrogen) atoms. The number of ether oxygens (including phenoxy) is 2. The van der Waals surface area contributed by atoms with Gasteiger partial charge in [-0.05, 0) is 32.4 Å². The molecule has 2 aromatic rings. The second-order valence-corrected chi connectivity index (χ2v) is 7.18. The minimum atomic E-state index is 0. The molecule has 0 atom stereocenters. The molecule has 1 heterocycles. The standard InChI is InChI=1S/C20H30N4O2S.HI/c1-5-25-10-11-26-19-12-15(2)6-7-17(19)13-23-20(21-4)22-9-8-18-14-27-16(3)24-18;/h6-7,12,14H,5,8-11,13H2,1-4H3,(H2,21,22,23);1H. The Morgan fingerprint density at radius 3 is 2.71 bits per heavy atom. The minimum absolute atomic E-state index is 0. The highest BCUT2D eigenvalue weighted by molar-refractivity contribution is 14.0. The summed E-state index contributed by atoms with van der Waals surface area (Å²) in [6, 6.07) is 6.24. The van der Waals surface area contributed by atoms with Gasteiger partial charge in [0.2, 0.25) is 0 Å². The zero-order valence-corrected chi connectivity index (χ0v) is 20.2. The second-order valence-electron chi connectivity index (χ2n) is 6.12. The zero-order valence-electron chi connectivity index (χ0n) is 17.1. The van der Waals surface area contributed by atoms with Crippen LogP contribution in [0.3, 0.4) is 0 Å². The summed E-state index contributed by atoms with van der Waals surface area (Å²) in [6.45, 7) is 9.34. The maximum absolute atomic E-state index is 5.89. The van der Waals surface area contributed by atoms with Crippen molar-refractivity contribution in [2.75, 3.05) is 33.4 Å². The van der Waals surface area contributed by atoms with Crippen LogP contribution < -0.4 is 15.4 Å².